The molecule has 0 saturated carbocycles. The molecule has 3 heterocycles. The minimum atomic E-state index is -0.250. The van der Waals surface area contributed by atoms with Crippen LogP contribution in [0, 0.1) is 0 Å². The highest BCUT2D eigenvalue weighted by Crippen LogP contribution is 2.24. The number of hydrogen-bond acceptors (Lipinski definition) is 5. The van der Waals surface area contributed by atoms with Crippen molar-refractivity contribution in [2.24, 2.45) is 0 Å². The van der Waals surface area contributed by atoms with Gasteiger partial charge in [0, 0.05) is 36.7 Å². The SMILES string of the molecule is O=C(Nc1cnn2c1NCCC2)c1ccc(-n2ccnc2)cc1.O=CO. The first kappa shape index (κ1) is 17.2. The third-order valence-electron chi connectivity index (χ3n) is 3.86. The second-order valence-electron chi connectivity index (χ2n) is 5.49. The number of fused-ring (bicyclic) bond motifs is 1. The highest BCUT2D eigenvalue weighted by molar-refractivity contribution is 6.05. The summed E-state index contributed by atoms with van der Waals surface area (Å²) in [4.78, 5) is 24.8. The van der Waals surface area contributed by atoms with Gasteiger partial charge in [0.2, 0.25) is 0 Å². The minimum Gasteiger partial charge on any atom is -0.483 e. The molecule has 134 valence electrons. The fourth-order valence-corrected chi connectivity index (χ4v) is 2.66. The Bertz CT molecular complexity index is 871. The van der Waals surface area contributed by atoms with Gasteiger partial charge in [-0.1, -0.05) is 0 Å². The lowest BCUT2D eigenvalue weighted by atomic mass is 10.2. The smallest absolute Gasteiger partial charge is 0.290 e. The van der Waals surface area contributed by atoms with Gasteiger partial charge in [0.15, 0.2) is 0 Å². The molecule has 4 rings (SSSR count). The number of aromatic nitrogens is 4. The van der Waals surface area contributed by atoms with Gasteiger partial charge in [0.25, 0.3) is 12.4 Å². The molecule has 0 aliphatic carbocycles. The summed E-state index contributed by atoms with van der Waals surface area (Å²) in [5.41, 5.74) is 2.28. The lowest BCUT2D eigenvalue weighted by Gasteiger charge is -2.17. The van der Waals surface area contributed by atoms with Gasteiger partial charge in [-0.3, -0.25) is 9.59 Å². The van der Waals surface area contributed by atoms with Crippen molar-refractivity contribution in [1.29, 1.82) is 0 Å². The molecule has 26 heavy (non-hydrogen) atoms. The van der Waals surface area contributed by atoms with Gasteiger partial charge in [-0.25, -0.2) is 9.67 Å². The van der Waals surface area contributed by atoms with Crippen molar-refractivity contribution in [2.75, 3.05) is 17.2 Å². The number of nitrogens with one attached hydrogen (secondary N) is 2. The molecule has 0 bridgehead atoms. The van der Waals surface area contributed by atoms with Gasteiger partial charge in [0.05, 0.1) is 12.5 Å². The summed E-state index contributed by atoms with van der Waals surface area (Å²) in [5, 5.41) is 17.4. The van der Waals surface area contributed by atoms with Crippen molar-refractivity contribution in [3.8, 4) is 5.69 Å². The highest BCUT2D eigenvalue weighted by atomic mass is 16.3. The molecule has 0 radical (unpaired) electrons. The van der Waals surface area contributed by atoms with Crippen LogP contribution in [-0.4, -0.2) is 43.4 Å². The Kier molecular flexibility index (Phi) is 5.28. The Balaban J connectivity index is 0.000000613. The standard InChI is InChI=1S/C16H16N6O.CH2O2/c23-16(20-14-10-19-22-8-1-6-18-15(14)22)12-2-4-13(5-3-12)21-9-7-17-11-21;2-1-3/h2-5,7,9-11,18H,1,6,8H2,(H,20,23);1H,(H,2,3). The van der Waals surface area contributed by atoms with Crippen LogP contribution in [0.15, 0.2) is 49.2 Å². The molecule has 1 amide bonds. The molecule has 0 unspecified atom stereocenters. The summed E-state index contributed by atoms with van der Waals surface area (Å²) < 4.78 is 3.76. The van der Waals surface area contributed by atoms with Gasteiger partial charge in [-0.05, 0) is 30.7 Å². The predicted octanol–water partition coefficient (Wildman–Crippen LogP) is 1.84. The largest absolute Gasteiger partial charge is 0.483 e. The summed E-state index contributed by atoms with van der Waals surface area (Å²) in [6.07, 6.45) is 8.03. The van der Waals surface area contributed by atoms with Crippen LogP contribution in [0.4, 0.5) is 11.5 Å². The molecule has 1 aliphatic rings. The van der Waals surface area contributed by atoms with Crippen molar-refractivity contribution in [3.63, 3.8) is 0 Å². The van der Waals surface area contributed by atoms with Crippen LogP contribution in [0.1, 0.15) is 16.8 Å². The average Bonchev–Trinajstić information content (AvgIpc) is 3.33. The summed E-state index contributed by atoms with van der Waals surface area (Å²) in [5.74, 6) is 0.727. The number of nitrogens with zero attached hydrogens (tertiary/aromatic N) is 4. The van der Waals surface area contributed by atoms with E-state index in [0.29, 0.717) is 11.3 Å². The molecule has 9 heteroatoms. The second kappa shape index (κ2) is 7.97. The maximum absolute atomic E-state index is 12.4. The van der Waals surface area contributed by atoms with Gasteiger partial charge in [0.1, 0.15) is 11.5 Å². The summed E-state index contributed by atoms with van der Waals surface area (Å²) in [6, 6.07) is 7.38. The van der Waals surface area contributed by atoms with E-state index in [1.807, 2.05) is 27.6 Å². The molecule has 1 aliphatic heterocycles. The number of anilines is 2. The molecule has 2 aromatic heterocycles. The Morgan fingerprint density at radius 2 is 2.08 bits per heavy atom. The van der Waals surface area contributed by atoms with Crippen molar-refractivity contribution in [3.05, 3.63) is 54.7 Å². The van der Waals surface area contributed by atoms with Gasteiger partial charge < -0.3 is 20.3 Å². The maximum Gasteiger partial charge on any atom is 0.290 e. The van der Waals surface area contributed by atoms with Gasteiger partial charge in [-0.2, -0.15) is 5.10 Å². The molecule has 1 aromatic carbocycles. The number of rotatable bonds is 3. The number of amides is 1. The fraction of sp³-hybridized carbons (Fsp3) is 0.176. The number of aryl methyl sites for hydroxylation is 1. The van der Waals surface area contributed by atoms with E-state index in [1.165, 1.54) is 0 Å². The van der Waals surface area contributed by atoms with E-state index in [1.54, 1.807) is 30.9 Å². The highest BCUT2D eigenvalue weighted by Gasteiger charge is 2.16. The molecule has 0 fully saturated rings. The van der Waals surface area contributed by atoms with Gasteiger partial charge >= 0.3 is 0 Å². The van der Waals surface area contributed by atoms with E-state index in [4.69, 9.17) is 9.90 Å². The molecule has 9 nitrogen and oxygen atoms in total. The lowest BCUT2D eigenvalue weighted by Crippen LogP contribution is -2.19. The van der Waals surface area contributed by atoms with Crippen LogP contribution in [0.25, 0.3) is 5.69 Å². The van der Waals surface area contributed by atoms with E-state index < -0.39 is 0 Å². The van der Waals surface area contributed by atoms with Crippen LogP contribution >= 0.6 is 0 Å². The Morgan fingerprint density at radius 3 is 2.77 bits per heavy atom. The average molecular weight is 354 g/mol. The number of carboxylic acid groups (broad SMARTS) is 1. The van der Waals surface area contributed by atoms with E-state index in [2.05, 4.69) is 20.7 Å². The lowest BCUT2D eigenvalue weighted by molar-refractivity contribution is -0.122. The molecule has 0 atom stereocenters. The first-order chi connectivity index (χ1) is 12.7. The normalized spacial score (nSPS) is 12.2. The predicted molar refractivity (Wildman–Crippen MR) is 95.5 cm³/mol. The molecule has 0 spiro atoms. The monoisotopic (exact) mass is 354 g/mol. The molecule has 3 N–H and O–H groups in total. The van der Waals surface area contributed by atoms with Crippen molar-refractivity contribution >= 4 is 23.9 Å². The van der Waals surface area contributed by atoms with Crippen LogP contribution in [-0.2, 0) is 11.3 Å². The minimum absolute atomic E-state index is 0.148. The van der Waals surface area contributed by atoms with Crippen molar-refractivity contribution in [1.82, 2.24) is 19.3 Å². The zero-order valence-corrected chi connectivity index (χ0v) is 13.9. The molecular formula is C17H18N6O3. The summed E-state index contributed by atoms with van der Waals surface area (Å²) >= 11 is 0. The topological polar surface area (TPSA) is 114 Å². The third kappa shape index (κ3) is 3.72. The first-order valence-electron chi connectivity index (χ1n) is 8.00. The van der Waals surface area contributed by atoms with E-state index >= 15 is 0 Å². The Morgan fingerprint density at radius 1 is 1.31 bits per heavy atom. The zero-order valence-electron chi connectivity index (χ0n) is 13.9. The van der Waals surface area contributed by atoms with Crippen molar-refractivity contribution in [2.45, 2.75) is 13.0 Å². The maximum atomic E-state index is 12.4. The van der Waals surface area contributed by atoms with Crippen LogP contribution in [0.5, 0.6) is 0 Å². The fourth-order valence-electron chi connectivity index (χ4n) is 2.66. The number of carbonyl (C=O) groups is 2. The summed E-state index contributed by atoms with van der Waals surface area (Å²) in [7, 11) is 0. The van der Waals surface area contributed by atoms with Crippen molar-refractivity contribution < 1.29 is 14.7 Å². The third-order valence-corrected chi connectivity index (χ3v) is 3.86. The number of hydrogen-bond donors (Lipinski definition) is 3. The van der Waals surface area contributed by atoms with Crippen LogP contribution < -0.4 is 10.6 Å². The van der Waals surface area contributed by atoms with E-state index in [-0.39, 0.29) is 12.4 Å². The number of carbonyl (C=O) groups excluding carboxylic acids is 1. The van der Waals surface area contributed by atoms with E-state index in [0.717, 1.165) is 31.0 Å². The Hall–Kier alpha value is -3.62. The summed E-state index contributed by atoms with van der Waals surface area (Å²) in [6.45, 7) is 1.52. The first-order valence-corrected chi connectivity index (χ1v) is 8.00. The molecular weight excluding hydrogens is 336 g/mol. The molecule has 3 aromatic rings. The number of imidazole rings is 1. The zero-order chi connectivity index (χ0) is 18.4. The van der Waals surface area contributed by atoms with E-state index in [9.17, 15) is 4.79 Å². The number of benzene rings is 1. The quantitative estimate of drug-likeness (QED) is 0.618. The molecule has 0 saturated heterocycles. The Labute approximate surface area is 149 Å². The van der Waals surface area contributed by atoms with Crippen LogP contribution in [0.3, 0.4) is 0 Å². The second-order valence-corrected chi connectivity index (χ2v) is 5.49. The van der Waals surface area contributed by atoms with Crippen LogP contribution in [0.2, 0.25) is 0 Å². The van der Waals surface area contributed by atoms with Gasteiger partial charge in [-0.15, -0.1) is 0 Å².